The van der Waals surface area contributed by atoms with Crippen LogP contribution in [0, 0.1) is 0 Å². The molecular formula is C24H30N4O6S. The molecule has 1 atom stereocenters. The smallest absolute Gasteiger partial charge is 0.252 e. The Morgan fingerprint density at radius 2 is 2.00 bits per heavy atom. The summed E-state index contributed by atoms with van der Waals surface area (Å²) in [6.07, 6.45) is 2.17. The highest BCUT2D eigenvalue weighted by Crippen LogP contribution is 2.35. The van der Waals surface area contributed by atoms with Gasteiger partial charge in [0.25, 0.3) is 5.91 Å². The number of hydrogen-bond donors (Lipinski definition) is 4. The average molecular weight is 503 g/mol. The van der Waals surface area contributed by atoms with Crippen molar-refractivity contribution in [1.29, 1.82) is 0 Å². The minimum Gasteiger partial charge on any atom is -0.454 e. The summed E-state index contributed by atoms with van der Waals surface area (Å²) in [4.78, 5) is 25.3. The van der Waals surface area contributed by atoms with E-state index in [-0.39, 0.29) is 29.2 Å². The van der Waals surface area contributed by atoms with E-state index in [1.165, 1.54) is 12.1 Å². The molecule has 0 saturated carbocycles. The van der Waals surface area contributed by atoms with E-state index in [1.54, 1.807) is 19.9 Å². The average Bonchev–Trinajstić information content (AvgIpc) is 3.21. The Kier molecular flexibility index (Phi) is 7.46. The maximum Gasteiger partial charge on any atom is 0.252 e. The van der Waals surface area contributed by atoms with Crippen molar-refractivity contribution in [1.82, 2.24) is 15.4 Å². The molecule has 2 aliphatic heterocycles. The van der Waals surface area contributed by atoms with E-state index in [1.807, 2.05) is 18.2 Å². The molecule has 0 radical (unpaired) electrons. The first-order valence-corrected chi connectivity index (χ1v) is 13.1. The summed E-state index contributed by atoms with van der Waals surface area (Å²) < 4.78 is 39.3. The lowest BCUT2D eigenvalue weighted by Gasteiger charge is -2.17. The van der Waals surface area contributed by atoms with Crippen LogP contribution >= 0.6 is 0 Å². The van der Waals surface area contributed by atoms with E-state index in [4.69, 9.17) is 9.47 Å². The van der Waals surface area contributed by atoms with Crippen LogP contribution in [0.5, 0.6) is 11.5 Å². The minimum absolute atomic E-state index is 0.0514. The lowest BCUT2D eigenvalue weighted by atomic mass is 10.1. The van der Waals surface area contributed by atoms with E-state index in [0.717, 1.165) is 18.4 Å². The molecule has 10 nitrogen and oxygen atoms in total. The molecule has 1 saturated heterocycles. The number of rotatable bonds is 8. The fourth-order valence-electron chi connectivity index (χ4n) is 4.01. The van der Waals surface area contributed by atoms with Gasteiger partial charge in [0.05, 0.1) is 4.90 Å². The molecule has 2 aromatic rings. The predicted octanol–water partition coefficient (Wildman–Crippen LogP) is 2.11. The van der Waals surface area contributed by atoms with Gasteiger partial charge in [-0.2, -0.15) is 0 Å². The molecule has 1 fully saturated rings. The second-order valence-electron chi connectivity index (χ2n) is 8.84. The van der Waals surface area contributed by atoms with Gasteiger partial charge < -0.3 is 25.4 Å². The number of hydrogen-bond acceptors (Lipinski definition) is 7. The van der Waals surface area contributed by atoms with Crippen LogP contribution in [0.4, 0.5) is 5.69 Å². The number of amides is 2. The topological polar surface area (TPSA) is 135 Å². The fraction of sp³-hybridized carbons (Fsp3) is 0.417. The van der Waals surface area contributed by atoms with Crippen molar-refractivity contribution in [3.05, 3.63) is 47.5 Å². The van der Waals surface area contributed by atoms with Crippen molar-refractivity contribution in [2.24, 2.45) is 0 Å². The third-order valence-electron chi connectivity index (χ3n) is 5.67. The highest BCUT2D eigenvalue weighted by Gasteiger charge is 2.25. The van der Waals surface area contributed by atoms with Crippen LogP contribution < -0.4 is 30.1 Å². The SMILES string of the molecule is CC(C)NS(=O)(=O)c1cc(NCc2cccc3c2OCO3)cc(C(=O)N[C@H]2CCCCNC2=O)c1. The van der Waals surface area contributed by atoms with Crippen molar-refractivity contribution < 1.29 is 27.5 Å². The quantitative estimate of drug-likeness (QED) is 0.434. The van der Waals surface area contributed by atoms with Crippen LogP contribution in [0.25, 0.3) is 0 Å². The Labute approximate surface area is 204 Å². The monoisotopic (exact) mass is 502 g/mol. The zero-order valence-electron chi connectivity index (χ0n) is 19.7. The number of carbonyl (C=O) groups excluding carboxylic acids is 2. The van der Waals surface area contributed by atoms with Crippen LogP contribution in [0.1, 0.15) is 49.0 Å². The summed E-state index contributed by atoms with van der Waals surface area (Å²) in [5.74, 6) is 0.514. The molecule has 2 amide bonds. The van der Waals surface area contributed by atoms with Crippen molar-refractivity contribution >= 4 is 27.5 Å². The molecule has 188 valence electrons. The van der Waals surface area contributed by atoms with Crippen LogP contribution in [0.2, 0.25) is 0 Å². The molecule has 0 spiro atoms. The van der Waals surface area contributed by atoms with Gasteiger partial charge in [0.1, 0.15) is 6.04 Å². The van der Waals surface area contributed by atoms with Gasteiger partial charge in [0.2, 0.25) is 22.7 Å². The van der Waals surface area contributed by atoms with Gasteiger partial charge in [-0.25, -0.2) is 13.1 Å². The third kappa shape index (κ3) is 6.04. The van der Waals surface area contributed by atoms with Crippen molar-refractivity contribution in [2.45, 2.75) is 56.6 Å². The predicted molar refractivity (Wildman–Crippen MR) is 130 cm³/mol. The summed E-state index contributed by atoms with van der Waals surface area (Å²) in [6.45, 7) is 4.47. The molecule has 0 aromatic heterocycles. The molecule has 35 heavy (non-hydrogen) atoms. The van der Waals surface area contributed by atoms with Gasteiger partial charge in [0.15, 0.2) is 11.5 Å². The zero-order chi connectivity index (χ0) is 25.0. The highest BCUT2D eigenvalue weighted by molar-refractivity contribution is 7.89. The third-order valence-corrected chi connectivity index (χ3v) is 7.31. The summed E-state index contributed by atoms with van der Waals surface area (Å²) in [5.41, 5.74) is 1.40. The molecule has 0 aliphatic carbocycles. The lowest BCUT2D eigenvalue weighted by Crippen LogP contribution is -2.45. The molecule has 2 aromatic carbocycles. The Bertz CT molecular complexity index is 1210. The molecule has 2 heterocycles. The van der Waals surface area contributed by atoms with Crippen molar-refractivity contribution in [3.8, 4) is 11.5 Å². The maximum absolute atomic E-state index is 13.1. The Morgan fingerprint density at radius 1 is 1.17 bits per heavy atom. The summed E-state index contributed by atoms with van der Waals surface area (Å²) in [7, 11) is -3.87. The first-order chi connectivity index (χ1) is 16.7. The van der Waals surface area contributed by atoms with Gasteiger partial charge in [-0.15, -0.1) is 0 Å². The fourth-order valence-corrected chi connectivity index (χ4v) is 5.33. The number of fused-ring (bicyclic) bond motifs is 1. The number of benzene rings is 2. The molecule has 0 bridgehead atoms. The normalized spacial score (nSPS) is 17.6. The van der Waals surface area contributed by atoms with Crippen molar-refractivity contribution in [2.75, 3.05) is 18.7 Å². The highest BCUT2D eigenvalue weighted by atomic mass is 32.2. The van der Waals surface area contributed by atoms with E-state index in [0.29, 0.717) is 36.7 Å². The lowest BCUT2D eigenvalue weighted by molar-refractivity contribution is -0.122. The van der Waals surface area contributed by atoms with Crippen molar-refractivity contribution in [3.63, 3.8) is 0 Å². The Hall–Kier alpha value is -3.31. The van der Waals surface area contributed by atoms with Crippen LogP contribution in [-0.4, -0.2) is 45.7 Å². The summed E-state index contributed by atoms with van der Waals surface area (Å²) in [6, 6.07) is 8.89. The van der Waals surface area contributed by atoms with Gasteiger partial charge in [-0.3, -0.25) is 9.59 Å². The van der Waals surface area contributed by atoms with Gasteiger partial charge in [0, 0.05) is 35.9 Å². The number of anilines is 1. The Morgan fingerprint density at radius 3 is 2.80 bits per heavy atom. The summed E-state index contributed by atoms with van der Waals surface area (Å²) in [5, 5.41) is 8.72. The van der Waals surface area contributed by atoms with Gasteiger partial charge >= 0.3 is 0 Å². The van der Waals surface area contributed by atoms with Crippen LogP contribution in [-0.2, 0) is 21.4 Å². The Balaban J connectivity index is 1.61. The second-order valence-corrected chi connectivity index (χ2v) is 10.6. The molecule has 11 heteroatoms. The summed E-state index contributed by atoms with van der Waals surface area (Å²) >= 11 is 0. The zero-order valence-corrected chi connectivity index (χ0v) is 20.5. The van der Waals surface area contributed by atoms with Crippen LogP contribution in [0.3, 0.4) is 0 Å². The largest absolute Gasteiger partial charge is 0.454 e. The number of nitrogens with one attached hydrogen (secondary N) is 4. The first-order valence-electron chi connectivity index (χ1n) is 11.6. The molecule has 4 rings (SSSR count). The molecular weight excluding hydrogens is 472 g/mol. The number of sulfonamides is 1. The molecule has 4 N–H and O–H groups in total. The number of carbonyl (C=O) groups is 2. The number of ether oxygens (including phenoxy) is 2. The van der Waals surface area contributed by atoms with Gasteiger partial charge in [-0.1, -0.05) is 12.1 Å². The number of para-hydroxylation sites is 1. The van der Waals surface area contributed by atoms with Crippen LogP contribution in [0.15, 0.2) is 41.3 Å². The second kappa shape index (κ2) is 10.5. The maximum atomic E-state index is 13.1. The van der Waals surface area contributed by atoms with Gasteiger partial charge in [-0.05, 0) is 57.4 Å². The van der Waals surface area contributed by atoms with E-state index in [2.05, 4.69) is 20.7 Å². The standard InChI is InChI=1S/C24H30N4O6S/c1-15(2)28-35(31,32)19-11-17(23(29)27-20-7-3-4-9-25-24(20)30)10-18(12-19)26-13-16-6-5-8-21-22(16)34-14-33-21/h5-6,8,10-12,15,20,26,28H,3-4,7,9,13-14H2,1-2H3,(H,25,30)(H,27,29)/t20-/m0/s1. The van der Waals surface area contributed by atoms with E-state index in [9.17, 15) is 18.0 Å². The minimum atomic E-state index is -3.87. The molecule has 0 unspecified atom stereocenters. The van der Waals surface area contributed by atoms with E-state index < -0.39 is 22.0 Å². The first kappa shape index (κ1) is 24.8. The van der Waals surface area contributed by atoms with E-state index >= 15 is 0 Å². The molecule has 2 aliphatic rings.